The molecule has 0 aliphatic carbocycles. The first kappa shape index (κ1) is 17.1. The van der Waals surface area contributed by atoms with Gasteiger partial charge in [0, 0.05) is 17.1 Å². The Kier molecular flexibility index (Phi) is 7.48. The van der Waals surface area contributed by atoms with Crippen molar-refractivity contribution in [1.29, 1.82) is 0 Å². The number of nitrogens with one attached hydrogen (secondary N) is 1. The third-order valence-electron chi connectivity index (χ3n) is 2.54. The molecule has 0 saturated heterocycles. The number of hydrogen-bond acceptors (Lipinski definition) is 6. The summed E-state index contributed by atoms with van der Waals surface area (Å²) in [6, 6.07) is 10.2. The molecule has 1 heterocycles. The molecule has 1 N–H and O–H groups in total. The van der Waals surface area contributed by atoms with Gasteiger partial charge in [-0.05, 0) is 24.3 Å². The van der Waals surface area contributed by atoms with Crippen LogP contribution < -0.4 is 5.32 Å². The molecule has 1 aromatic heterocycles. The van der Waals surface area contributed by atoms with Gasteiger partial charge in [0.2, 0.25) is 11.0 Å². The number of carbonyl (C=O) groups excluding carboxylic acids is 1. The number of aromatic nitrogens is 2. The molecule has 2 rings (SSSR count). The average molecular weight is 352 g/mol. The fourth-order valence-electron chi connectivity index (χ4n) is 1.57. The Morgan fingerprint density at radius 1 is 1.27 bits per heavy atom. The Balaban J connectivity index is 1.65. The van der Waals surface area contributed by atoms with E-state index in [1.54, 1.807) is 23.5 Å². The molecule has 22 heavy (non-hydrogen) atoms. The summed E-state index contributed by atoms with van der Waals surface area (Å²) < 4.78 is 0.842. The lowest BCUT2D eigenvalue weighted by molar-refractivity contribution is -0.116. The number of thioether (sulfide) groups is 2. The summed E-state index contributed by atoms with van der Waals surface area (Å²) in [5.74, 6) is 1.71. The highest BCUT2D eigenvalue weighted by Crippen LogP contribution is 2.25. The van der Waals surface area contributed by atoms with Crippen LogP contribution in [0.5, 0.6) is 0 Å². The molecule has 0 fully saturated rings. The maximum atomic E-state index is 11.8. The summed E-state index contributed by atoms with van der Waals surface area (Å²) in [7, 11) is 0. The molecule has 1 aromatic carbocycles. The number of hydrogen-bond donors (Lipinski definition) is 1. The quantitative estimate of drug-likeness (QED) is 0.315. The standard InChI is InChI=1S/C15H17N3OS3/c1-2-10-21-15-18-17-14(22-15)16-13(19)9-6-11-20-12-7-4-3-5-8-12/h2-5,7-8H,1,6,9-11H2,(H,16,17,19). The van der Waals surface area contributed by atoms with Gasteiger partial charge in [-0.15, -0.1) is 28.5 Å². The van der Waals surface area contributed by atoms with Crippen LogP contribution in [0.15, 0.2) is 52.2 Å². The highest BCUT2D eigenvalue weighted by molar-refractivity contribution is 8.01. The van der Waals surface area contributed by atoms with Gasteiger partial charge in [-0.25, -0.2) is 0 Å². The van der Waals surface area contributed by atoms with Gasteiger partial charge < -0.3 is 5.32 Å². The van der Waals surface area contributed by atoms with Crippen molar-refractivity contribution < 1.29 is 4.79 Å². The first-order valence-electron chi connectivity index (χ1n) is 6.83. The second-order valence-electron chi connectivity index (χ2n) is 4.29. The van der Waals surface area contributed by atoms with Gasteiger partial charge in [0.15, 0.2) is 4.34 Å². The van der Waals surface area contributed by atoms with Crippen LogP contribution in [0.1, 0.15) is 12.8 Å². The molecule has 0 spiro atoms. The van der Waals surface area contributed by atoms with Crippen molar-refractivity contribution in [3.63, 3.8) is 0 Å². The van der Waals surface area contributed by atoms with Crippen molar-refractivity contribution in [3.8, 4) is 0 Å². The number of nitrogens with zero attached hydrogens (tertiary/aromatic N) is 2. The summed E-state index contributed by atoms with van der Waals surface area (Å²) in [5, 5.41) is 11.3. The number of carbonyl (C=O) groups is 1. The zero-order valence-corrected chi connectivity index (χ0v) is 14.5. The second kappa shape index (κ2) is 9.66. The van der Waals surface area contributed by atoms with Crippen molar-refractivity contribution in [2.24, 2.45) is 0 Å². The minimum Gasteiger partial charge on any atom is -0.301 e. The molecule has 0 unspecified atom stereocenters. The lowest BCUT2D eigenvalue weighted by Crippen LogP contribution is -2.11. The van der Waals surface area contributed by atoms with E-state index >= 15 is 0 Å². The van der Waals surface area contributed by atoms with Gasteiger partial charge in [-0.3, -0.25) is 4.79 Å². The Labute approximate surface area is 142 Å². The Bertz CT molecular complexity index is 601. The van der Waals surface area contributed by atoms with Crippen LogP contribution in [0.3, 0.4) is 0 Å². The molecule has 0 aliphatic heterocycles. The van der Waals surface area contributed by atoms with E-state index in [-0.39, 0.29) is 5.91 Å². The van der Waals surface area contributed by atoms with E-state index in [0.717, 1.165) is 22.3 Å². The molecule has 1 amide bonds. The smallest absolute Gasteiger partial charge is 0.226 e. The number of anilines is 1. The number of amides is 1. The van der Waals surface area contributed by atoms with Gasteiger partial charge in [0.05, 0.1) is 0 Å². The molecular weight excluding hydrogens is 334 g/mol. The third-order valence-corrected chi connectivity index (χ3v) is 5.60. The lowest BCUT2D eigenvalue weighted by atomic mass is 10.3. The number of rotatable bonds is 9. The van der Waals surface area contributed by atoms with E-state index < -0.39 is 0 Å². The summed E-state index contributed by atoms with van der Waals surface area (Å²) in [5.41, 5.74) is 0. The molecule has 116 valence electrons. The van der Waals surface area contributed by atoms with Crippen LogP contribution in [0.2, 0.25) is 0 Å². The van der Waals surface area contributed by atoms with Crippen molar-refractivity contribution in [3.05, 3.63) is 43.0 Å². The van der Waals surface area contributed by atoms with E-state index in [4.69, 9.17) is 0 Å². The first-order chi connectivity index (χ1) is 10.8. The van der Waals surface area contributed by atoms with E-state index in [1.807, 2.05) is 24.3 Å². The predicted octanol–water partition coefficient (Wildman–Crippen LogP) is 4.33. The minimum atomic E-state index is -0.00918. The van der Waals surface area contributed by atoms with E-state index in [0.29, 0.717) is 11.6 Å². The zero-order chi connectivity index (χ0) is 15.6. The maximum Gasteiger partial charge on any atom is 0.226 e. The van der Waals surface area contributed by atoms with Crippen molar-refractivity contribution in [2.45, 2.75) is 22.1 Å². The second-order valence-corrected chi connectivity index (χ2v) is 7.70. The number of benzene rings is 1. The Morgan fingerprint density at radius 3 is 2.86 bits per heavy atom. The monoisotopic (exact) mass is 351 g/mol. The topological polar surface area (TPSA) is 54.9 Å². The van der Waals surface area contributed by atoms with Crippen LogP contribution in [0.25, 0.3) is 0 Å². The summed E-state index contributed by atoms with van der Waals surface area (Å²) in [6.45, 7) is 3.66. The maximum absolute atomic E-state index is 11.8. The van der Waals surface area contributed by atoms with Gasteiger partial charge in [0.25, 0.3) is 0 Å². The van der Waals surface area contributed by atoms with Gasteiger partial charge in [-0.1, -0.05) is 47.4 Å². The molecule has 0 saturated carbocycles. The van der Waals surface area contributed by atoms with Gasteiger partial charge >= 0.3 is 0 Å². The van der Waals surface area contributed by atoms with E-state index in [1.165, 1.54) is 16.2 Å². The Morgan fingerprint density at radius 2 is 2.09 bits per heavy atom. The van der Waals surface area contributed by atoms with E-state index in [9.17, 15) is 4.79 Å². The van der Waals surface area contributed by atoms with Crippen LogP contribution in [0.4, 0.5) is 5.13 Å². The van der Waals surface area contributed by atoms with E-state index in [2.05, 4.69) is 34.2 Å². The molecule has 4 nitrogen and oxygen atoms in total. The zero-order valence-electron chi connectivity index (χ0n) is 12.0. The highest BCUT2D eigenvalue weighted by atomic mass is 32.2. The van der Waals surface area contributed by atoms with Crippen molar-refractivity contribution >= 4 is 45.9 Å². The lowest BCUT2D eigenvalue weighted by Gasteiger charge is -2.02. The molecule has 0 atom stereocenters. The Hall–Kier alpha value is -1.31. The molecular formula is C15H17N3OS3. The highest BCUT2D eigenvalue weighted by Gasteiger charge is 2.08. The van der Waals surface area contributed by atoms with Crippen LogP contribution >= 0.6 is 34.9 Å². The molecule has 7 heteroatoms. The van der Waals surface area contributed by atoms with Gasteiger partial charge in [0.1, 0.15) is 0 Å². The largest absolute Gasteiger partial charge is 0.301 e. The van der Waals surface area contributed by atoms with Crippen LogP contribution in [0, 0.1) is 0 Å². The molecule has 0 aliphatic rings. The van der Waals surface area contributed by atoms with Crippen LogP contribution in [-0.4, -0.2) is 27.6 Å². The summed E-state index contributed by atoms with van der Waals surface area (Å²) in [4.78, 5) is 13.1. The first-order valence-corrected chi connectivity index (χ1v) is 9.61. The van der Waals surface area contributed by atoms with Crippen LogP contribution in [-0.2, 0) is 4.79 Å². The normalized spacial score (nSPS) is 10.4. The fraction of sp³-hybridized carbons (Fsp3) is 0.267. The fourth-order valence-corrected chi connectivity index (χ4v) is 3.97. The molecule has 2 aromatic rings. The van der Waals surface area contributed by atoms with Crippen molar-refractivity contribution in [2.75, 3.05) is 16.8 Å². The SMILES string of the molecule is C=CCSc1nnc(NC(=O)CCCSc2ccccc2)s1. The molecule has 0 bridgehead atoms. The molecule has 0 radical (unpaired) electrons. The van der Waals surface area contributed by atoms with Gasteiger partial charge in [-0.2, -0.15) is 0 Å². The predicted molar refractivity (Wildman–Crippen MR) is 95.9 cm³/mol. The minimum absolute atomic E-state index is 0.00918. The summed E-state index contributed by atoms with van der Waals surface area (Å²) >= 11 is 4.72. The third kappa shape index (κ3) is 6.21. The van der Waals surface area contributed by atoms with Crippen molar-refractivity contribution in [1.82, 2.24) is 10.2 Å². The average Bonchev–Trinajstić information content (AvgIpc) is 2.98. The summed E-state index contributed by atoms with van der Waals surface area (Å²) in [6.07, 6.45) is 3.14.